The molecule has 5 aromatic heterocycles. The first-order valence-corrected chi connectivity index (χ1v) is 13.3. The van der Waals surface area contributed by atoms with Gasteiger partial charge in [0.2, 0.25) is 0 Å². The fraction of sp³-hybridized carbons (Fsp3) is 0. The van der Waals surface area contributed by atoms with Crippen molar-refractivity contribution in [2.75, 3.05) is 0 Å². The van der Waals surface area contributed by atoms with Crippen LogP contribution in [0.4, 0.5) is 0 Å². The standard InChI is InChI=1S/C32H18N6S/c1-3-11-24-21(9-1)22-13-14-26-27(23-10-2-4-12-25(23)39-26)28(22)29(35-24)32-37-30(19-7-5-15-33-17-19)36-31(38-32)20-8-6-16-34-18-20/h1-18H. The Morgan fingerprint density at radius 1 is 0.462 bits per heavy atom. The van der Waals surface area contributed by atoms with Gasteiger partial charge in [-0.25, -0.2) is 19.9 Å². The van der Waals surface area contributed by atoms with Gasteiger partial charge in [0, 0.05) is 66.9 Å². The van der Waals surface area contributed by atoms with Gasteiger partial charge in [-0.3, -0.25) is 9.97 Å². The van der Waals surface area contributed by atoms with Crippen LogP contribution in [0.1, 0.15) is 0 Å². The zero-order chi connectivity index (χ0) is 25.8. The summed E-state index contributed by atoms with van der Waals surface area (Å²) in [4.78, 5) is 28.6. The minimum absolute atomic E-state index is 0.515. The van der Waals surface area contributed by atoms with Gasteiger partial charge < -0.3 is 0 Å². The molecule has 182 valence electrons. The molecule has 8 aromatic rings. The summed E-state index contributed by atoms with van der Waals surface area (Å²) in [6, 6.07) is 28.9. The molecule has 0 N–H and O–H groups in total. The maximum atomic E-state index is 5.20. The number of para-hydroxylation sites is 1. The van der Waals surface area contributed by atoms with E-state index in [1.165, 1.54) is 20.2 Å². The molecule has 0 spiro atoms. The van der Waals surface area contributed by atoms with Crippen LogP contribution < -0.4 is 0 Å². The highest BCUT2D eigenvalue weighted by Crippen LogP contribution is 2.43. The number of pyridine rings is 3. The minimum Gasteiger partial charge on any atom is -0.264 e. The summed E-state index contributed by atoms with van der Waals surface area (Å²) in [6.07, 6.45) is 7.01. The third kappa shape index (κ3) is 3.55. The number of benzene rings is 3. The van der Waals surface area contributed by atoms with E-state index in [0.717, 1.165) is 38.5 Å². The molecule has 0 amide bonds. The molecule has 0 bridgehead atoms. The molecule has 3 aromatic carbocycles. The van der Waals surface area contributed by atoms with E-state index in [1.54, 1.807) is 36.1 Å². The van der Waals surface area contributed by atoms with Gasteiger partial charge in [0.25, 0.3) is 0 Å². The summed E-state index contributed by atoms with van der Waals surface area (Å²) in [5, 5.41) is 5.65. The van der Waals surface area contributed by atoms with E-state index < -0.39 is 0 Å². The number of thiophene rings is 1. The first-order chi connectivity index (χ1) is 19.3. The van der Waals surface area contributed by atoms with Crippen LogP contribution in [-0.2, 0) is 0 Å². The van der Waals surface area contributed by atoms with Crippen LogP contribution in [0.2, 0.25) is 0 Å². The van der Waals surface area contributed by atoms with Crippen LogP contribution in [0.3, 0.4) is 0 Å². The number of hydrogen-bond donors (Lipinski definition) is 0. The maximum absolute atomic E-state index is 5.20. The average molecular weight is 519 g/mol. The van der Waals surface area contributed by atoms with Gasteiger partial charge in [-0.05, 0) is 47.9 Å². The quantitative estimate of drug-likeness (QED) is 0.223. The van der Waals surface area contributed by atoms with Crippen LogP contribution in [-0.4, -0.2) is 29.9 Å². The highest BCUT2D eigenvalue weighted by atomic mass is 32.1. The molecule has 7 heteroatoms. The monoisotopic (exact) mass is 518 g/mol. The summed E-state index contributed by atoms with van der Waals surface area (Å²) in [5.74, 6) is 1.59. The second-order valence-corrected chi connectivity index (χ2v) is 10.3. The topological polar surface area (TPSA) is 77.3 Å². The van der Waals surface area contributed by atoms with Crippen LogP contribution in [0.5, 0.6) is 0 Å². The highest BCUT2D eigenvalue weighted by Gasteiger charge is 2.20. The first-order valence-electron chi connectivity index (χ1n) is 12.5. The van der Waals surface area contributed by atoms with Gasteiger partial charge in [-0.2, -0.15) is 0 Å². The third-order valence-electron chi connectivity index (χ3n) is 6.89. The number of aromatic nitrogens is 6. The van der Waals surface area contributed by atoms with Crippen molar-refractivity contribution < 1.29 is 0 Å². The second kappa shape index (κ2) is 8.72. The Kier molecular flexibility index (Phi) is 4.89. The van der Waals surface area contributed by atoms with Gasteiger partial charge >= 0.3 is 0 Å². The van der Waals surface area contributed by atoms with E-state index >= 15 is 0 Å². The molecule has 6 nitrogen and oxygen atoms in total. The molecule has 39 heavy (non-hydrogen) atoms. The molecule has 5 heterocycles. The predicted molar refractivity (Wildman–Crippen MR) is 157 cm³/mol. The van der Waals surface area contributed by atoms with Crippen molar-refractivity contribution in [3.8, 4) is 34.3 Å². The lowest BCUT2D eigenvalue weighted by atomic mass is 9.98. The Balaban J connectivity index is 1.54. The smallest absolute Gasteiger partial charge is 0.183 e. The molecule has 0 unspecified atom stereocenters. The van der Waals surface area contributed by atoms with Gasteiger partial charge in [0.05, 0.1) is 5.52 Å². The van der Waals surface area contributed by atoms with Gasteiger partial charge in [-0.1, -0.05) is 42.5 Å². The van der Waals surface area contributed by atoms with E-state index in [0.29, 0.717) is 17.5 Å². The van der Waals surface area contributed by atoms with Crippen molar-refractivity contribution in [1.29, 1.82) is 0 Å². The summed E-state index contributed by atoms with van der Waals surface area (Å²) in [5.41, 5.74) is 3.24. The van der Waals surface area contributed by atoms with Crippen molar-refractivity contribution in [3.63, 3.8) is 0 Å². The number of nitrogens with zero attached hydrogens (tertiary/aromatic N) is 6. The highest BCUT2D eigenvalue weighted by molar-refractivity contribution is 7.26. The Morgan fingerprint density at radius 2 is 1.13 bits per heavy atom. The molecule has 0 aliphatic heterocycles. The SMILES string of the molecule is c1cncc(-c2nc(-c3cccnc3)nc(-c3nc4ccccc4c4ccc5sc6ccccc6c5c34)n2)c1. The predicted octanol–water partition coefficient (Wildman–Crippen LogP) is 7.73. The first kappa shape index (κ1) is 21.9. The van der Waals surface area contributed by atoms with E-state index in [4.69, 9.17) is 19.9 Å². The summed E-state index contributed by atoms with van der Waals surface area (Å²) in [7, 11) is 0. The molecule has 0 aliphatic carbocycles. The van der Waals surface area contributed by atoms with Crippen molar-refractivity contribution in [2.24, 2.45) is 0 Å². The fourth-order valence-electron chi connectivity index (χ4n) is 5.15. The molecule has 8 rings (SSSR count). The molecule has 0 fully saturated rings. The summed E-state index contributed by atoms with van der Waals surface area (Å²) >= 11 is 1.79. The van der Waals surface area contributed by atoms with Crippen molar-refractivity contribution in [3.05, 3.63) is 110 Å². The summed E-state index contributed by atoms with van der Waals surface area (Å²) < 4.78 is 2.44. The van der Waals surface area contributed by atoms with Gasteiger partial charge in [0.15, 0.2) is 17.5 Å². The molecular formula is C32H18N6S. The van der Waals surface area contributed by atoms with Crippen molar-refractivity contribution >= 4 is 53.2 Å². The normalized spacial score (nSPS) is 11.6. The van der Waals surface area contributed by atoms with E-state index in [2.05, 4.69) is 58.5 Å². The number of fused-ring (bicyclic) bond motifs is 7. The Morgan fingerprint density at radius 3 is 1.85 bits per heavy atom. The van der Waals surface area contributed by atoms with Crippen LogP contribution in [0, 0.1) is 0 Å². The lowest BCUT2D eigenvalue weighted by Crippen LogP contribution is -2.02. The zero-order valence-electron chi connectivity index (χ0n) is 20.5. The molecule has 0 saturated heterocycles. The van der Waals surface area contributed by atoms with E-state index in [-0.39, 0.29) is 0 Å². The molecule has 0 aliphatic rings. The van der Waals surface area contributed by atoms with Crippen LogP contribution >= 0.6 is 11.3 Å². The van der Waals surface area contributed by atoms with Crippen LogP contribution in [0.15, 0.2) is 110 Å². The number of rotatable bonds is 3. The Labute approximate surface area is 226 Å². The van der Waals surface area contributed by atoms with Crippen molar-refractivity contribution in [1.82, 2.24) is 29.9 Å². The Hall–Kier alpha value is -5.14. The molecule has 0 saturated carbocycles. The fourth-order valence-corrected chi connectivity index (χ4v) is 6.27. The van der Waals surface area contributed by atoms with E-state index in [1.807, 2.05) is 36.4 Å². The average Bonchev–Trinajstić information content (AvgIpc) is 3.40. The second-order valence-electron chi connectivity index (χ2n) is 9.23. The molecule has 0 atom stereocenters. The lowest BCUT2D eigenvalue weighted by Gasteiger charge is -2.12. The third-order valence-corrected chi connectivity index (χ3v) is 8.03. The van der Waals surface area contributed by atoms with Gasteiger partial charge in [0.1, 0.15) is 5.69 Å². The molecule has 0 radical (unpaired) electrons. The maximum Gasteiger partial charge on any atom is 0.183 e. The Bertz CT molecular complexity index is 2120. The lowest BCUT2D eigenvalue weighted by molar-refractivity contribution is 1.06. The van der Waals surface area contributed by atoms with Crippen molar-refractivity contribution in [2.45, 2.75) is 0 Å². The largest absolute Gasteiger partial charge is 0.264 e. The van der Waals surface area contributed by atoms with E-state index in [9.17, 15) is 0 Å². The van der Waals surface area contributed by atoms with Gasteiger partial charge in [-0.15, -0.1) is 11.3 Å². The molecular weight excluding hydrogens is 500 g/mol. The summed E-state index contributed by atoms with van der Waals surface area (Å²) in [6.45, 7) is 0. The number of hydrogen-bond acceptors (Lipinski definition) is 7. The van der Waals surface area contributed by atoms with Crippen LogP contribution in [0.25, 0.3) is 76.1 Å². The zero-order valence-corrected chi connectivity index (χ0v) is 21.3. The minimum atomic E-state index is 0.515.